The molecule has 0 radical (unpaired) electrons. The van der Waals surface area contributed by atoms with Crippen LogP contribution in [-0.2, 0) is 16.1 Å². The number of rotatable bonds is 4. The topological polar surface area (TPSA) is 41.9 Å². The summed E-state index contributed by atoms with van der Waals surface area (Å²) in [6, 6.07) is 10.2. The van der Waals surface area contributed by atoms with Crippen LogP contribution in [0.25, 0.3) is 0 Å². The van der Waals surface area contributed by atoms with E-state index in [-0.39, 0.29) is 12.1 Å². The summed E-state index contributed by atoms with van der Waals surface area (Å²) < 4.78 is 5.65. The molecular weight excluding hydrogens is 228 g/mol. The minimum absolute atomic E-state index is 0.0103. The molecule has 4 heteroatoms. The van der Waals surface area contributed by atoms with Crippen LogP contribution in [-0.4, -0.2) is 42.8 Å². The Labute approximate surface area is 107 Å². The molecule has 1 fully saturated rings. The maximum atomic E-state index is 10.3. The summed E-state index contributed by atoms with van der Waals surface area (Å²) in [5.74, 6) is 0. The van der Waals surface area contributed by atoms with E-state index in [0.29, 0.717) is 6.61 Å². The highest BCUT2D eigenvalue weighted by atomic mass is 16.5. The van der Waals surface area contributed by atoms with Gasteiger partial charge in [-0.1, -0.05) is 30.3 Å². The Kier molecular flexibility index (Phi) is 4.65. The van der Waals surface area contributed by atoms with E-state index in [1.165, 1.54) is 5.56 Å². The van der Waals surface area contributed by atoms with E-state index in [4.69, 9.17) is 4.74 Å². The zero-order chi connectivity index (χ0) is 12.8. The van der Waals surface area contributed by atoms with Gasteiger partial charge in [-0.3, -0.25) is 4.90 Å². The minimum Gasteiger partial charge on any atom is -0.373 e. The lowest BCUT2D eigenvalue weighted by Gasteiger charge is -2.34. The molecule has 0 N–H and O–H groups in total. The SMILES string of the molecule is CC(N=C=O)C1CN(Cc2ccccc2)CCO1. The molecule has 1 aromatic rings. The number of benzene rings is 1. The quantitative estimate of drug-likeness (QED) is 0.598. The van der Waals surface area contributed by atoms with Crippen molar-refractivity contribution in [3.63, 3.8) is 0 Å². The van der Waals surface area contributed by atoms with Gasteiger partial charge in [0.15, 0.2) is 0 Å². The van der Waals surface area contributed by atoms with Crippen LogP contribution in [0.15, 0.2) is 35.3 Å². The fraction of sp³-hybridized carbons (Fsp3) is 0.500. The van der Waals surface area contributed by atoms with Crippen LogP contribution < -0.4 is 0 Å². The summed E-state index contributed by atoms with van der Waals surface area (Å²) in [6.07, 6.45) is 1.60. The summed E-state index contributed by atoms with van der Waals surface area (Å²) in [5.41, 5.74) is 1.30. The lowest BCUT2D eigenvalue weighted by atomic mass is 10.1. The second-order valence-corrected chi connectivity index (χ2v) is 4.59. The van der Waals surface area contributed by atoms with E-state index in [2.05, 4.69) is 22.0 Å². The Morgan fingerprint density at radius 1 is 1.50 bits per heavy atom. The number of ether oxygens (including phenoxy) is 1. The van der Waals surface area contributed by atoms with Gasteiger partial charge in [-0.2, -0.15) is 0 Å². The van der Waals surface area contributed by atoms with Gasteiger partial charge >= 0.3 is 0 Å². The second-order valence-electron chi connectivity index (χ2n) is 4.59. The van der Waals surface area contributed by atoms with Gasteiger partial charge < -0.3 is 4.74 Å². The first-order valence-corrected chi connectivity index (χ1v) is 6.24. The maximum Gasteiger partial charge on any atom is 0.235 e. The van der Waals surface area contributed by atoms with Crippen molar-refractivity contribution in [2.45, 2.75) is 25.6 Å². The van der Waals surface area contributed by atoms with Crippen molar-refractivity contribution in [3.8, 4) is 0 Å². The van der Waals surface area contributed by atoms with Crippen molar-refractivity contribution in [2.75, 3.05) is 19.7 Å². The van der Waals surface area contributed by atoms with Crippen molar-refractivity contribution >= 4 is 6.08 Å². The smallest absolute Gasteiger partial charge is 0.235 e. The standard InChI is InChI=1S/C14H18N2O2/c1-12(15-11-17)14-10-16(7-8-18-14)9-13-5-3-2-4-6-13/h2-6,12,14H,7-10H2,1H3. The molecule has 1 aromatic carbocycles. The van der Waals surface area contributed by atoms with E-state index in [1.807, 2.05) is 25.1 Å². The molecule has 4 nitrogen and oxygen atoms in total. The number of isocyanates is 1. The van der Waals surface area contributed by atoms with Crippen molar-refractivity contribution < 1.29 is 9.53 Å². The van der Waals surface area contributed by atoms with E-state index in [0.717, 1.165) is 19.6 Å². The number of aliphatic imine (C=N–C) groups is 1. The van der Waals surface area contributed by atoms with Crippen LogP contribution in [0.5, 0.6) is 0 Å². The van der Waals surface area contributed by atoms with Gasteiger partial charge in [0.1, 0.15) is 0 Å². The third kappa shape index (κ3) is 3.50. The predicted molar refractivity (Wildman–Crippen MR) is 69.0 cm³/mol. The van der Waals surface area contributed by atoms with Crippen LogP contribution in [0.3, 0.4) is 0 Å². The molecule has 96 valence electrons. The Morgan fingerprint density at radius 2 is 2.28 bits per heavy atom. The van der Waals surface area contributed by atoms with Gasteiger partial charge in [-0.15, -0.1) is 0 Å². The lowest BCUT2D eigenvalue weighted by molar-refractivity contribution is -0.0399. The summed E-state index contributed by atoms with van der Waals surface area (Å²) in [4.78, 5) is 16.3. The first-order valence-electron chi connectivity index (χ1n) is 6.24. The molecule has 0 spiro atoms. The average molecular weight is 246 g/mol. The Morgan fingerprint density at radius 3 is 3.00 bits per heavy atom. The molecule has 2 rings (SSSR count). The highest BCUT2D eigenvalue weighted by Gasteiger charge is 2.25. The zero-order valence-corrected chi connectivity index (χ0v) is 10.6. The number of hydrogen-bond acceptors (Lipinski definition) is 4. The van der Waals surface area contributed by atoms with Gasteiger partial charge in [0, 0.05) is 19.6 Å². The van der Waals surface area contributed by atoms with Crippen LogP contribution in [0.2, 0.25) is 0 Å². The Balaban J connectivity index is 1.92. The van der Waals surface area contributed by atoms with Crippen LogP contribution in [0, 0.1) is 0 Å². The summed E-state index contributed by atoms with van der Waals surface area (Å²) in [5, 5.41) is 0. The van der Waals surface area contributed by atoms with Crippen LogP contribution in [0.4, 0.5) is 0 Å². The second kappa shape index (κ2) is 6.45. The third-order valence-electron chi connectivity index (χ3n) is 3.22. The highest BCUT2D eigenvalue weighted by Crippen LogP contribution is 2.14. The predicted octanol–water partition coefficient (Wildman–Crippen LogP) is 1.61. The molecule has 1 aliphatic rings. The largest absolute Gasteiger partial charge is 0.373 e. The fourth-order valence-electron chi connectivity index (χ4n) is 2.17. The molecule has 0 amide bonds. The van der Waals surface area contributed by atoms with Crippen LogP contribution >= 0.6 is 0 Å². The van der Waals surface area contributed by atoms with E-state index in [1.54, 1.807) is 6.08 Å². The van der Waals surface area contributed by atoms with Gasteiger partial charge in [0.25, 0.3) is 0 Å². The summed E-state index contributed by atoms with van der Waals surface area (Å²) in [6.45, 7) is 5.22. The van der Waals surface area contributed by atoms with E-state index in [9.17, 15) is 4.79 Å². The third-order valence-corrected chi connectivity index (χ3v) is 3.22. The molecule has 2 unspecified atom stereocenters. The van der Waals surface area contributed by atoms with E-state index >= 15 is 0 Å². The Hall–Kier alpha value is -1.48. The van der Waals surface area contributed by atoms with Crippen molar-refractivity contribution in [1.82, 2.24) is 4.90 Å². The minimum atomic E-state index is -0.124. The van der Waals surface area contributed by atoms with Crippen molar-refractivity contribution in [1.29, 1.82) is 0 Å². The first-order chi connectivity index (χ1) is 8.79. The molecule has 1 heterocycles. The highest BCUT2D eigenvalue weighted by molar-refractivity contribution is 5.33. The monoisotopic (exact) mass is 246 g/mol. The fourth-order valence-corrected chi connectivity index (χ4v) is 2.17. The number of carbonyl (C=O) groups excluding carboxylic acids is 1. The lowest BCUT2D eigenvalue weighted by Crippen LogP contribution is -2.45. The zero-order valence-electron chi connectivity index (χ0n) is 10.6. The summed E-state index contributed by atoms with van der Waals surface area (Å²) >= 11 is 0. The average Bonchev–Trinajstić information content (AvgIpc) is 2.40. The molecule has 18 heavy (non-hydrogen) atoms. The molecule has 1 aliphatic heterocycles. The molecule has 0 bridgehead atoms. The molecular formula is C14H18N2O2. The molecule has 2 atom stereocenters. The van der Waals surface area contributed by atoms with Gasteiger partial charge in [0.2, 0.25) is 6.08 Å². The normalized spacial score (nSPS) is 22.2. The maximum absolute atomic E-state index is 10.3. The Bertz CT molecular complexity index is 415. The van der Waals surface area contributed by atoms with E-state index < -0.39 is 0 Å². The van der Waals surface area contributed by atoms with Crippen LogP contribution in [0.1, 0.15) is 12.5 Å². The summed E-state index contributed by atoms with van der Waals surface area (Å²) in [7, 11) is 0. The number of morpholine rings is 1. The molecule has 0 aliphatic carbocycles. The number of nitrogens with zero attached hydrogens (tertiary/aromatic N) is 2. The van der Waals surface area contributed by atoms with Crippen molar-refractivity contribution in [2.24, 2.45) is 4.99 Å². The molecule has 0 saturated carbocycles. The molecule has 1 saturated heterocycles. The van der Waals surface area contributed by atoms with Gasteiger partial charge in [-0.05, 0) is 12.5 Å². The molecule has 0 aromatic heterocycles. The van der Waals surface area contributed by atoms with Gasteiger partial charge in [-0.25, -0.2) is 9.79 Å². The number of hydrogen-bond donors (Lipinski definition) is 0. The van der Waals surface area contributed by atoms with Gasteiger partial charge in [0.05, 0.1) is 18.8 Å². The first kappa shape index (κ1) is 13.0. The van der Waals surface area contributed by atoms with Crippen molar-refractivity contribution in [3.05, 3.63) is 35.9 Å².